The van der Waals surface area contributed by atoms with Crippen molar-refractivity contribution < 1.29 is 19.3 Å². The Hall–Kier alpha value is -3.53. The van der Waals surface area contributed by atoms with Gasteiger partial charge in [-0.05, 0) is 78.0 Å². The van der Waals surface area contributed by atoms with E-state index in [0.717, 1.165) is 56.2 Å². The molecule has 0 amide bonds. The number of aromatic nitrogens is 4. The van der Waals surface area contributed by atoms with E-state index in [4.69, 9.17) is 42.2 Å². The molecule has 0 unspecified atom stereocenters. The Labute approximate surface area is 293 Å². The zero-order chi connectivity index (χ0) is 35.1. The number of nitrogens with one attached hydrogen (secondary N) is 3. The van der Waals surface area contributed by atoms with Crippen LogP contribution in [0.15, 0.2) is 36.8 Å². The molecule has 0 bridgehead atoms. The lowest BCUT2D eigenvalue weighted by Gasteiger charge is -2.42. The van der Waals surface area contributed by atoms with Crippen LogP contribution in [0, 0.1) is 5.41 Å². The van der Waals surface area contributed by atoms with Crippen LogP contribution in [0.4, 0.5) is 11.6 Å². The molecule has 1 aromatic carbocycles. The predicted octanol–water partition coefficient (Wildman–Crippen LogP) is 4.92. The second-order valence-electron chi connectivity index (χ2n) is 13.8. The molecule has 0 spiro atoms. The Morgan fingerprint density at radius 3 is 2.45 bits per heavy atom. The second-order valence-corrected chi connectivity index (χ2v) is 14.2. The molecule has 2 aliphatic rings. The van der Waals surface area contributed by atoms with Gasteiger partial charge in [0.2, 0.25) is 5.95 Å². The van der Waals surface area contributed by atoms with E-state index in [-0.39, 0.29) is 24.4 Å². The van der Waals surface area contributed by atoms with Crippen LogP contribution in [0.5, 0.6) is 11.6 Å². The van der Waals surface area contributed by atoms with Gasteiger partial charge in [-0.1, -0.05) is 17.7 Å². The summed E-state index contributed by atoms with van der Waals surface area (Å²) in [6.45, 7) is 12.3. The van der Waals surface area contributed by atoms with E-state index in [1.54, 1.807) is 32.3 Å². The first kappa shape index (κ1) is 36.7. The summed E-state index contributed by atoms with van der Waals surface area (Å²) in [7, 11) is 0. The summed E-state index contributed by atoms with van der Waals surface area (Å²) < 4.78 is 20.1. The van der Waals surface area contributed by atoms with E-state index in [0.29, 0.717) is 53.9 Å². The highest BCUT2D eigenvalue weighted by Gasteiger charge is 2.32. The number of hydrazine groups is 2. The topological polar surface area (TPSA) is 172 Å². The fraction of sp³-hybridized carbons (Fsp3) is 0.588. The van der Waals surface area contributed by atoms with Crippen molar-refractivity contribution in [1.82, 2.24) is 35.2 Å². The van der Waals surface area contributed by atoms with Crippen LogP contribution in [0.25, 0.3) is 11.1 Å². The van der Waals surface area contributed by atoms with E-state index in [1.165, 1.54) is 5.01 Å². The van der Waals surface area contributed by atoms with Gasteiger partial charge >= 0.3 is 0 Å². The number of hydrogen-bond donors (Lipinski definition) is 5. The molecule has 2 fully saturated rings. The van der Waals surface area contributed by atoms with Gasteiger partial charge in [0.05, 0.1) is 54.6 Å². The summed E-state index contributed by atoms with van der Waals surface area (Å²) in [5.41, 5.74) is 3.85. The number of halogens is 1. The maximum atomic E-state index is 10.2. The molecule has 0 radical (unpaired) electrons. The van der Waals surface area contributed by atoms with Gasteiger partial charge in [0.15, 0.2) is 0 Å². The number of benzene rings is 1. The van der Waals surface area contributed by atoms with Crippen LogP contribution >= 0.6 is 11.6 Å². The van der Waals surface area contributed by atoms with Crippen molar-refractivity contribution in [2.24, 2.45) is 5.84 Å². The molecule has 3 atom stereocenters. The molecule has 14 nitrogen and oxygen atoms in total. The van der Waals surface area contributed by atoms with E-state index in [9.17, 15) is 5.11 Å². The predicted molar refractivity (Wildman–Crippen MR) is 190 cm³/mol. The SMILES string of the molecule is C[C@@H]1CN(C2CCC(n3cc(Nc4ncc(-c5ccc(Cl)c(O[C@@H](C)CN(C=N)NN)c5)cn4)c(OCCC(C)(C)O)n3)CC2)C[C@H](C)O1. The van der Waals surface area contributed by atoms with Crippen LogP contribution in [0.2, 0.25) is 5.02 Å². The fourth-order valence-corrected chi connectivity index (χ4v) is 6.63. The van der Waals surface area contributed by atoms with Crippen LogP contribution < -0.4 is 26.2 Å². The van der Waals surface area contributed by atoms with Crippen molar-refractivity contribution in [3.8, 4) is 22.8 Å². The Bertz CT molecular complexity index is 1500. The minimum Gasteiger partial charge on any atom is -0.487 e. The number of aliphatic hydroxyl groups is 1. The molecule has 49 heavy (non-hydrogen) atoms. The number of morpholine rings is 1. The summed E-state index contributed by atoms with van der Waals surface area (Å²) in [4.78, 5) is 11.8. The minimum atomic E-state index is -0.852. The van der Waals surface area contributed by atoms with Crippen molar-refractivity contribution in [3.05, 3.63) is 41.8 Å². The molecule has 3 aromatic rings. The molecule has 6 N–H and O–H groups in total. The Morgan fingerprint density at radius 1 is 1.14 bits per heavy atom. The second kappa shape index (κ2) is 16.5. The van der Waals surface area contributed by atoms with Gasteiger partial charge in [0, 0.05) is 43.5 Å². The molecular weight excluding hydrogens is 648 g/mol. The quantitative estimate of drug-likeness (QED) is 0.0629. The third-order valence-corrected chi connectivity index (χ3v) is 9.23. The average Bonchev–Trinajstić information content (AvgIpc) is 3.46. The average molecular weight is 699 g/mol. The Balaban J connectivity index is 1.27. The molecule has 3 heterocycles. The lowest BCUT2D eigenvalue weighted by Crippen LogP contribution is -2.51. The summed E-state index contributed by atoms with van der Waals surface area (Å²) in [6.07, 6.45) is 11.5. The Morgan fingerprint density at radius 2 is 1.82 bits per heavy atom. The van der Waals surface area contributed by atoms with Crippen molar-refractivity contribution in [2.45, 2.75) is 103 Å². The fourth-order valence-electron chi connectivity index (χ4n) is 6.46. The molecule has 5 rings (SSSR count). The molecular formula is C34H51ClN10O4. The molecule has 1 saturated heterocycles. The van der Waals surface area contributed by atoms with E-state index in [1.807, 2.05) is 29.9 Å². The smallest absolute Gasteiger partial charge is 0.256 e. The van der Waals surface area contributed by atoms with Crippen molar-refractivity contribution in [2.75, 3.05) is 31.6 Å². The van der Waals surface area contributed by atoms with Gasteiger partial charge < -0.3 is 24.6 Å². The lowest BCUT2D eigenvalue weighted by atomic mass is 9.89. The summed E-state index contributed by atoms with van der Waals surface area (Å²) in [6, 6.07) is 6.30. The van der Waals surface area contributed by atoms with Gasteiger partial charge in [-0.3, -0.25) is 25.8 Å². The molecule has 1 saturated carbocycles. The first-order valence-electron chi connectivity index (χ1n) is 17.0. The summed E-state index contributed by atoms with van der Waals surface area (Å²) >= 11 is 6.43. The highest BCUT2D eigenvalue weighted by Crippen LogP contribution is 2.36. The van der Waals surface area contributed by atoms with Crippen LogP contribution in [0.3, 0.4) is 0 Å². The number of rotatable bonds is 15. The number of hydrogen-bond acceptors (Lipinski definition) is 12. The molecule has 2 aromatic heterocycles. The monoisotopic (exact) mass is 698 g/mol. The summed E-state index contributed by atoms with van der Waals surface area (Å²) in [5.74, 6) is 6.78. The zero-order valence-corrected chi connectivity index (χ0v) is 29.9. The number of nitrogens with zero attached hydrogens (tertiary/aromatic N) is 6. The van der Waals surface area contributed by atoms with Crippen LogP contribution in [-0.2, 0) is 4.74 Å². The summed E-state index contributed by atoms with van der Waals surface area (Å²) in [5, 5.41) is 27.7. The molecule has 268 valence electrons. The third kappa shape index (κ3) is 10.2. The van der Waals surface area contributed by atoms with Gasteiger partial charge in [0.1, 0.15) is 17.5 Å². The Kier molecular flexibility index (Phi) is 12.3. The zero-order valence-electron chi connectivity index (χ0n) is 29.1. The van der Waals surface area contributed by atoms with Gasteiger partial charge in [-0.25, -0.2) is 9.97 Å². The van der Waals surface area contributed by atoms with Gasteiger partial charge in [-0.2, -0.15) is 5.53 Å². The lowest BCUT2D eigenvalue weighted by molar-refractivity contribution is -0.0852. The number of ether oxygens (including phenoxy) is 3. The van der Waals surface area contributed by atoms with Crippen molar-refractivity contribution in [3.63, 3.8) is 0 Å². The van der Waals surface area contributed by atoms with E-state index in [2.05, 4.69) is 39.6 Å². The highest BCUT2D eigenvalue weighted by molar-refractivity contribution is 6.32. The molecule has 15 heteroatoms. The first-order chi connectivity index (χ1) is 23.4. The maximum Gasteiger partial charge on any atom is 0.256 e. The highest BCUT2D eigenvalue weighted by atomic mass is 35.5. The van der Waals surface area contributed by atoms with Gasteiger partial charge in [-0.15, -0.1) is 5.10 Å². The van der Waals surface area contributed by atoms with E-state index >= 15 is 0 Å². The first-order valence-corrected chi connectivity index (χ1v) is 17.4. The maximum absolute atomic E-state index is 10.2. The molecule has 1 aliphatic heterocycles. The number of nitrogens with two attached hydrogens (primary N) is 1. The van der Waals surface area contributed by atoms with Gasteiger partial charge in [0.25, 0.3) is 5.88 Å². The largest absolute Gasteiger partial charge is 0.487 e. The standard InChI is InChI=1S/C34H51ClN10O4/c1-22-17-43(18-23(2)48-22)27-7-9-28(10-8-27)45-20-30(32(41-45)47-13-12-34(4,5)46)40-33-38-15-26(16-39-33)25-6-11-29(35)31(14-25)49-24(3)19-44(21-36)42-37/h6,11,14-16,20-24,27-28,36,42,46H,7-10,12-13,17-19,37H2,1-5H3,(H,38,39,40)/t22-,23+,24-,27?,28?/m0/s1. The van der Waals surface area contributed by atoms with Crippen molar-refractivity contribution in [1.29, 1.82) is 5.41 Å². The number of anilines is 2. The minimum absolute atomic E-state index is 0.256. The van der Waals surface area contributed by atoms with E-state index < -0.39 is 5.60 Å². The third-order valence-electron chi connectivity index (χ3n) is 8.92. The van der Waals surface area contributed by atoms with Crippen LogP contribution in [-0.4, -0.2) is 97.3 Å². The van der Waals surface area contributed by atoms with Crippen molar-refractivity contribution >= 4 is 29.6 Å². The molecule has 1 aliphatic carbocycles. The normalized spacial score (nSPS) is 22.4. The van der Waals surface area contributed by atoms with Crippen LogP contribution in [0.1, 0.15) is 72.8 Å².